The van der Waals surface area contributed by atoms with Crippen LogP contribution in [0, 0.1) is 5.92 Å². The lowest BCUT2D eigenvalue weighted by Gasteiger charge is -2.14. The third-order valence-electron chi connectivity index (χ3n) is 1.98. The van der Waals surface area contributed by atoms with E-state index in [2.05, 4.69) is 23.8 Å². The van der Waals surface area contributed by atoms with E-state index in [4.69, 9.17) is 17.2 Å². The molecular formula is C10H17N5S. The summed E-state index contributed by atoms with van der Waals surface area (Å²) in [5.41, 5.74) is 16.1. The second-order valence-corrected chi connectivity index (χ2v) is 4.71. The molecule has 0 radical (unpaired) electrons. The fraction of sp³-hybridized carbons (Fsp3) is 0.400. The van der Waals surface area contributed by atoms with Gasteiger partial charge in [0.1, 0.15) is 0 Å². The standard InChI is InChI=1S/C10H17N5S/c1-6(2)8(7-4-3-5-16-7)14-10(13)15-9(11)12/h3-6,8H,1-2H3,(H6,11,12,13,14,15). The van der Waals surface area contributed by atoms with E-state index < -0.39 is 0 Å². The van der Waals surface area contributed by atoms with Crippen LogP contribution in [-0.2, 0) is 0 Å². The minimum absolute atomic E-state index is 0.00287. The third kappa shape index (κ3) is 3.54. The molecule has 0 aliphatic carbocycles. The summed E-state index contributed by atoms with van der Waals surface area (Å²) in [5.74, 6) is 0.383. The van der Waals surface area contributed by atoms with Crippen molar-refractivity contribution in [3.8, 4) is 0 Å². The van der Waals surface area contributed by atoms with Crippen LogP contribution >= 0.6 is 11.3 Å². The summed E-state index contributed by atoms with van der Waals surface area (Å²) < 4.78 is 0. The van der Waals surface area contributed by atoms with Gasteiger partial charge in [0.25, 0.3) is 0 Å². The highest BCUT2D eigenvalue weighted by Gasteiger charge is 2.16. The van der Waals surface area contributed by atoms with E-state index in [1.54, 1.807) is 11.3 Å². The molecule has 1 aromatic heterocycles. The maximum atomic E-state index is 5.63. The van der Waals surface area contributed by atoms with Gasteiger partial charge in [-0.2, -0.15) is 4.99 Å². The van der Waals surface area contributed by atoms with Crippen LogP contribution < -0.4 is 17.2 Å². The molecule has 5 nitrogen and oxygen atoms in total. The molecule has 1 atom stereocenters. The van der Waals surface area contributed by atoms with Gasteiger partial charge in [0.15, 0.2) is 5.96 Å². The molecular weight excluding hydrogens is 222 g/mol. The predicted octanol–water partition coefficient (Wildman–Crippen LogP) is 1.03. The van der Waals surface area contributed by atoms with Crippen LogP contribution in [0.1, 0.15) is 24.8 Å². The monoisotopic (exact) mass is 239 g/mol. The van der Waals surface area contributed by atoms with Gasteiger partial charge in [0.2, 0.25) is 5.96 Å². The zero-order valence-electron chi connectivity index (χ0n) is 9.42. The fourth-order valence-corrected chi connectivity index (χ4v) is 2.24. The van der Waals surface area contributed by atoms with E-state index in [9.17, 15) is 0 Å². The maximum Gasteiger partial charge on any atom is 0.219 e. The van der Waals surface area contributed by atoms with Gasteiger partial charge >= 0.3 is 0 Å². The molecule has 1 heterocycles. The van der Waals surface area contributed by atoms with Crippen LogP contribution in [0.4, 0.5) is 0 Å². The zero-order valence-corrected chi connectivity index (χ0v) is 10.2. The van der Waals surface area contributed by atoms with Gasteiger partial charge < -0.3 is 17.2 Å². The Morgan fingerprint density at radius 2 is 2.00 bits per heavy atom. The van der Waals surface area contributed by atoms with E-state index in [1.165, 1.54) is 0 Å². The van der Waals surface area contributed by atoms with E-state index in [0.717, 1.165) is 4.88 Å². The summed E-state index contributed by atoms with van der Waals surface area (Å²) in [6.07, 6.45) is 0. The van der Waals surface area contributed by atoms with Crippen molar-refractivity contribution in [3.05, 3.63) is 22.4 Å². The van der Waals surface area contributed by atoms with Crippen LogP contribution in [0.2, 0.25) is 0 Å². The molecule has 1 rings (SSSR count). The molecule has 88 valence electrons. The molecule has 0 spiro atoms. The molecule has 0 aliphatic heterocycles. The summed E-state index contributed by atoms with van der Waals surface area (Å²) >= 11 is 1.65. The quantitative estimate of drug-likeness (QED) is 0.542. The minimum Gasteiger partial charge on any atom is -0.370 e. The van der Waals surface area contributed by atoms with E-state index >= 15 is 0 Å². The van der Waals surface area contributed by atoms with Crippen LogP contribution in [0.25, 0.3) is 0 Å². The molecule has 6 N–H and O–H groups in total. The Morgan fingerprint density at radius 1 is 1.31 bits per heavy atom. The second-order valence-electron chi connectivity index (χ2n) is 3.73. The summed E-state index contributed by atoms with van der Waals surface area (Å²) in [5, 5.41) is 2.01. The van der Waals surface area contributed by atoms with Crippen molar-refractivity contribution < 1.29 is 0 Å². The fourth-order valence-electron chi connectivity index (χ4n) is 1.30. The SMILES string of the molecule is CC(C)C(N=C(N)N=C(N)N)c1cccs1. The van der Waals surface area contributed by atoms with E-state index in [1.807, 2.05) is 17.5 Å². The largest absolute Gasteiger partial charge is 0.370 e. The Kier molecular flexibility index (Phi) is 4.30. The summed E-state index contributed by atoms with van der Waals surface area (Å²) in [4.78, 5) is 9.19. The Bertz CT molecular complexity index is 376. The van der Waals surface area contributed by atoms with Crippen LogP contribution in [0.15, 0.2) is 27.5 Å². The van der Waals surface area contributed by atoms with Crippen molar-refractivity contribution in [3.63, 3.8) is 0 Å². The van der Waals surface area contributed by atoms with E-state index in [0.29, 0.717) is 5.92 Å². The van der Waals surface area contributed by atoms with Gasteiger partial charge in [-0.15, -0.1) is 11.3 Å². The van der Waals surface area contributed by atoms with Crippen molar-refractivity contribution in [1.82, 2.24) is 0 Å². The Labute approximate surface area is 99.1 Å². The highest BCUT2D eigenvalue weighted by molar-refractivity contribution is 7.10. The number of hydrogen-bond acceptors (Lipinski definition) is 2. The first-order chi connectivity index (χ1) is 7.50. The number of thiophene rings is 1. The number of rotatable bonds is 3. The van der Waals surface area contributed by atoms with Gasteiger partial charge in [0, 0.05) is 4.88 Å². The summed E-state index contributed by atoms with van der Waals surface area (Å²) in [6, 6.07) is 4.02. The first-order valence-electron chi connectivity index (χ1n) is 4.97. The second kappa shape index (κ2) is 5.50. The molecule has 16 heavy (non-hydrogen) atoms. The van der Waals surface area contributed by atoms with Crippen LogP contribution in [0.5, 0.6) is 0 Å². The van der Waals surface area contributed by atoms with Crippen molar-refractivity contribution >= 4 is 23.3 Å². The lowest BCUT2D eigenvalue weighted by atomic mass is 10.0. The molecule has 0 amide bonds. The lowest BCUT2D eigenvalue weighted by Crippen LogP contribution is -2.27. The van der Waals surface area contributed by atoms with Gasteiger partial charge in [-0.25, -0.2) is 4.99 Å². The number of aliphatic imine (C=N–C) groups is 2. The number of hydrogen-bond donors (Lipinski definition) is 3. The van der Waals surface area contributed by atoms with Gasteiger partial charge in [-0.3, -0.25) is 0 Å². The topological polar surface area (TPSA) is 103 Å². The van der Waals surface area contributed by atoms with Crippen molar-refractivity contribution in [2.75, 3.05) is 0 Å². The van der Waals surface area contributed by atoms with Gasteiger partial charge in [-0.1, -0.05) is 19.9 Å². The summed E-state index contributed by atoms with van der Waals surface area (Å²) in [7, 11) is 0. The Morgan fingerprint density at radius 3 is 2.44 bits per heavy atom. The molecule has 1 aromatic rings. The number of guanidine groups is 2. The molecule has 0 aromatic carbocycles. The van der Waals surface area contributed by atoms with Crippen LogP contribution in [0.3, 0.4) is 0 Å². The summed E-state index contributed by atoms with van der Waals surface area (Å²) in [6.45, 7) is 4.16. The normalized spacial score (nSPS) is 13.8. The molecule has 0 saturated heterocycles. The van der Waals surface area contributed by atoms with Crippen molar-refractivity contribution in [2.45, 2.75) is 19.9 Å². The van der Waals surface area contributed by atoms with Gasteiger partial charge in [0.05, 0.1) is 6.04 Å². The lowest BCUT2D eigenvalue weighted by molar-refractivity contribution is 0.523. The number of nitrogens with two attached hydrogens (primary N) is 3. The van der Waals surface area contributed by atoms with Crippen LogP contribution in [-0.4, -0.2) is 11.9 Å². The molecule has 0 fully saturated rings. The molecule has 0 saturated carbocycles. The molecule has 0 aliphatic rings. The smallest absolute Gasteiger partial charge is 0.219 e. The van der Waals surface area contributed by atoms with Gasteiger partial charge in [-0.05, 0) is 17.4 Å². The first kappa shape index (κ1) is 12.5. The van der Waals surface area contributed by atoms with Crippen molar-refractivity contribution in [1.29, 1.82) is 0 Å². The van der Waals surface area contributed by atoms with Crippen molar-refractivity contribution in [2.24, 2.45) is 33.1 Å². The molecule has 1 unspecified atom stereocenters. The van der Waals surface area contributed by atoms with E-state index in [-0.39, 0.29) is 18.0 Å². The molecule has 6 heteroatoms. The Balaban J connectivity index is 2.93. The number of nitrogens with zero attached hydrogens (tertiary/aromatic N) is 2. The first-order valence-corrected chi connectivity index (χ1v) is 5.85. The average Bonchev–Trinajstić information content (AvgIpc) is 2.64. The maximum absolute atomic E-state index is 5.63. The zero-order chi connectivity index (χ0) is 12.1. The molecule has 0 bridgehead atoms. The Hall–Kier alpha value is -1.56. The average molecular weight is 239 g/mol. The highest BCUT2D eigenvalue weighted by Crippen LogP contribution is 2.29. The predicted molar refractivity (Wildman–Crippen MR) is 69.3 cm³/mol. The third-order valence-corrected chi connectivity index (χ3v) is 2.92. The highest BCUT2D eigenvalue weighted by atomic mass is 32.1. The minimum atomic E-state index is -0.0741.